The molecular formula is C30H33NO6. The molecule has 0 saturated heterocycles. The molecule has 0 radical (unpaired) electrons. The smallest absolute Gasteiger partial charge is 0.290 e. The van der Waals surface area contributed by atoms with Gasteiger partial charge in [0, 0.05) is 6.54 Å². The monoisotopic (exact) mass is 503 g/mol. The van der Waals surface area contributed by atoms with E-state index in [4.69, 9.17) is 13.9 Å². The van der Waals surface area contributed by atoms with Crippen molar-refractivity contribution >= 4 is 11.7 Å². The highest BCUT2D eigenvalue weighted by Crippen LogP contribution is 2.42. The Morgan fingerprint density at radius 1 is 1.05 bits per heavy atom. The largest absolute Gasteiger partial charge is 0.503 e. The van der Waals surface area contributed by atoms with Gasteiger partial charge in [0.25, 0.3) is 5.91 Å². The van der Waals surface area contributed by atoms with Crippen molar-refractivity contribution in [3.63, 3.8) is 0 Å². The van der Waals surface area contributed by atoms with E-state index in [9.17, 15) is 14.7 Å². The number of aliphatic hydroxyl groups excluding tert-OH is 1. The third kappa shape index (κ3) is 5.88. The van der Waals surface area contributed by atoms with Crippen LogP contribution in [-0.2, 0) is 11.2 Å². The number of Topliss-reactive ketones (excluding diaryl/α,β-unsaturated/α-hetero) is 1. The number of benzene rings is 2. The predicted octanol–water partition coefficient (Wildman–Crippen LogP) is 5.92. The van der Waals surface area contributed by atoms with Gasteiger partial charge in [-0.15, -0.1) is 0 Å². The second-order valence-corrected chi connectivity index (χ2v) is 9.38. The lowest BCUT2D eigenvalue weighted by molar-refractivity contribution is -0.129. The van der Waals surface area contributed by atoms with Gasteiger partial charge in [-0.1, -0.05) is 50.2 Å². The van der Waals surface area contributed by atoms with Gasteiger partial charge >= 0.3 is 0 Å². The summed E-state index contributed by atoms with van der Waals surface area (Å²) in [6, 6.07) is 17.5. The summed E-state index contributed by atoms with van der Waals surface area (Å²) in [6.07, 6.45) is 2.85. The van der Waals surface area contributed by atoms with Gasteiger partial charge in [0.05, 0.1) is 31.1 Å². The van der Waals surface area contributed by atoms with E-state index in [0.29, 0.717) is 49.2 Å². The first-order valence-electron chi connectivity index (χ1n) is 12.7. The molecule has 194 valence electrons. The molecule has 0 spiro atoms. The second-order valence-electron chi connectivity index (χ2n) is 9.38. The third-order valence-corrected chi connectivity index (χ3v) is 6.31. The van der Waals surface area contributed by atoms with Gasteiger partial charge in [0.1, 0.15) is 0 Å². The van der Waals surface area contributed by atoms with Crippen LogP contribution in [0.2, 0.25) is 0 Å². The number of furan rings is 1. The van der Waals surface area contributed by atoms with Crippen molar-refractivity contribution in [3.8, 4) is 11.5 Å². The van der Waals surface area contributed by atoms with Crippen LogP contribution in [0.5, 0.6) is 11.5 Å². The fraction of sp³-hybridized carbons (Fsp3) is 0.333. The topological polar surface area (TPSA) is 89.2 Å². The van der Waals surface area contributed by atoms with E-state index < -0.39 is 23.5 Å². The first-order chi connectivity index (χ1) is 17.9. The van der Waals surface area contributed by atoms with Gasteiger partial charge in [-0.05, 0) is 61.1 Å². The highest BCUT2D eigenvalue weighted by molar-refractivity contribution is 6.15. The van der Waals surface area contributed by atoms with Crippen LogP contribution in [0.1, 0.15) is 54.9 Å². The van der Waals surface area contributed by atoms with Crippen LogP contribution < -0.4 is 9.47 Å². The van der Waals surface area contributed by atoms with Crippen molar-refractivity contribution in [3.05, 3.63) is 95.1 Å². The quantitative estimate of drug-likeness (QED) is 0.309. The van der Waals surface area contributed by atoms with E-state index in [1.54, 1.807) is 18.2 Å². The third-order valence-electron chi connectivity index (χ3n) is 6.31. The molecule has 0 saturated carbocycles. The fourth-order valence-electron chi connectivity index (χ4n) is 4.38. The van der Waals surface area contributed by atoms with E-state index in [2.05, 4.69) is 13.8 Å². The number of ketones is 1. The molecule has 0 bridgehead atoms. The first-order valence-corrected chi connectivity index (χ1v) is 12.7. The number of aliphatic hydroxyl groups is 1. The molecule has 0 aliphatic carbocycles. The van der Waals surface area contributed by atoms with Crippen LogP contribution in [0.3, 0.4) is 0 Å². The minimum Gasteiger partial charge on any atom is -0.503 e. The SMILES string of the molecule is CCOc1cc(C2C(C(=O)c3ccco3)=C(O)C(=O)N2CCc2ccccc2)ccc1OCCC(C)C. The number of amides is 1. The maximum Gasteiger partial charge on any atom is 0.290 e. The van der Waals surface area contributed by atoms with Gasteiger partial charge in [-0.2, -0.15) is 0 Å². The van der Waals surface area contributed by atoms with E-state index in [1.165, 1.54) is 17.2 Å². The number of hydrogen-bond acceptors (Lipinski definition) is 6. The average Bonchev–Trinajstić information content (AvgIpc) is 3.51. The summed E-state index contributed by atoms with van der Waals surface area (Å²) < 4.78 is 17.2. The Hall–Kier alpha value is -4.00. The molecule has 1 N–H and O–H groups in total. The summed E-state index contributed by atoms with van der Waals surface area (Å²) in [7, 11) is 0. The average molecular weight is 504 g/mol. The van der Waals surface area contributed by atoms with Gasteiger partial charge in [0.15, 0.2) is 23.0 Å². The van der Waals surface area contributed by atoms with Crippen molar-refractivity contribution in [1.82, 2.24) is 4.90 Å². The Bertz CT molecular complexity index is 1250. The van der Waals surface area contributed by atoms with Crippen LogP contribution in [0.15, 0.2) is 82.7 Å². The zero-order valence-corrected chi connectivity index (χ0v) is 21.5. The summed E-state index contributed by atoms with van der Waals surface area (Å²) in [4.78, 5) is 28.2. The Morgan fingerprint density at radius 3 is 2.51 bits per heavy atom. The number of ether oxygens (including phenoxy) is 2. The molecule has 1 unspecified atom stereocenters. The summed E-state index contributed by atoms with van der Waals surface area (Å²) >= 11 is 0. The maximum absolute atomic E-state index is 13.4. The highest BCUT2D eigenvalue weighted by atomic mass is 16.5. The van der Waals surface area contributed by atoms with Crippen LogP contribution in [0, 0.1) is 5.92 Å². The first kappa shape index (κ1) is 26.1. The van der Waals surface area contributed by atoms with Crippen molar-refractivity contribution < 1.29 is 28.6 Å². The lowest BCUT2D eigenvalue weighted by Crippen LogP contribution is -2.33. The number of rotatable bonds is 12. The minimum atomic E-state index is -0.808. The van der Waals surface area contributed by atoms with Crippen molar-refractivity contribution in [2.45, 2.75) is 39.7 Å². The van der Waals surface area contributed by atoms with Crippen LogP contribution in [0.25, 0.3) is 0 Å². The Kier molecular flexibility index (Phi) is 8.33. The van der Waals surface area contributed by atoms with E-state index in [0.717, 1.165) is 12.0 Å². The van der Waals surface area contributed by atoms with Crippen LogP contribution in [-0.4, -0.2) is 41.5 Å². The standard InChI is InChI=1S/C30H33NO6/c1-4-35-25-19-22(12-13-23(25)37-18-15-20(2)3)27-26(28(32)24-11-8-17-36-24)29(33)30(34)31(27)16-14-21-9-6-5-7-10-21/h5-13,17,19-20,27,33H,4,14-16,18H2,1-3H3. The van der Waals surface area contributed by atoms with Gasteiger partial charge in [-0.25, -0.2) is 0 Å². The summed E-state index contributed by atoms with van der Waals surface area (Å²) in [5.41, 5.74) is 1.67. The molecule has 7 nitrogen and oxygen atoms in total. The predicted molar refractivity (Wildman–Crippen MR) is 140 cm³/mol. The summed E-state index contributed by atoms with van der Waals surface area (Å²) in [5, 5.41) is 10.9. The normalized spacial score (nSPS) is 15.5. The molecule has 1 aliphatic rings. The van der Waals surface area contributed by atoms with Crippen LogP contribution in [0.4, 0.5) is 0 Å². The zero-order chi connectivity index (χ0) is 26.4. The van der Waals surface area contributed by atoms with Crippen molar-refractivity contribution in [1.29, 1.82) is 0 Å². The van der Waals surface area contributed by atoms with E-state index in [-0.39, 0.29) is 11.3 Å². The van der Waals surface area contributed by atoms with E-state index >= 15 is 0 Å². The molecule has 1 amide bonds. The van der Waals surface area contributed by atoms with Gasteiger partial charge < -0.3 is 23.9 Å². The summed E-state index contributed by atoms with van der Waals surface area (Å²) in [6.45, 7) is 7.42. The molecule has 7 heteroatoms. The second kappa shape index (κ2) is 11.8. The molecule has 1 atom stereocenters. The molecule has 37 heavy (non-hydrogen) atoms. The van der Waals surface area contributed by atoms with Crippen LogP contribution >= 0.6 is 0 Å². The van der Waals surface area contributed by atoms with Gasteiger partial charge in [-0.3, -0.25) is 9.59 Å². The number of carbonyl (C=O) groups is 2. The molecule has 1 aliphatic heterocycles. The lowest BCUT2D eigenvalue weighted by Gasteiger charge is -2.27. The summed E-state index contributed by atoms with van der Waals surface area (Å²) in [5.74, 6) is -0.00310. The Balaban J connectivity index is 1.71. The molecule has 4 rings (SSSR count). The van der Waals surface area contributed by atoms with Crippen molar-refractivity contribution in [2.24, 2.45) is 5.92 Å². The molecule has 0 fully saturated rings. The zero-order valence-electron chi connectivity index (χ0n) is 21.5. The maximum atomic E-state index is 13.4. The molecule has 1 aromatic heterocycles. The lowest BCUT2D eigenvalue weighted by atomic mass is 9.94. The molecular weight excluding hydrogens is 470 g/mol. The number of hydrogen-bond donors (Lipinski definition) is 1. The minimum absolute atomic E-state index is 0.0102. The van der Waals surface area contributed by atoms with E-state index in [1.807, 2.05) is 43.3 Å². The molecule has 3 aromatic rings. The number of carbonyl (C=O) groups excluding carboxylic acids is 2. The highest BCUT2D eigenvalue weighted by Gasteiger charge is 2.44. The number of nitrogens with zero attached hydrogens (tertiary/aromatic N) is 1. The van der Waals surface area contributed by atoms with Crippen molar-refractivity contribution in [2.75, 3.05) is 19.8 Å². The Morgan fingerprint density at radius 2 is 1.84 bits per heavy atom. The Labute approximate surface area is 217 Å². The fourth-order valence-corrected chi connectivity index (χ4v) is 4.38. The molecule has 2 heterocycles. The molecule has 2 aromatic carbocycles. The van der Waals surface area contributed by atoms with Gasteiger partial charge in [0.2, 0.25) is 5.78 Å².